The fourth-order valence-electron chi connectivity index (χ4n) is 3.10. The lowest BCUT2D eigenvalue weighted by Crippen LogP contribution is -2.48. The summed E-state index contributed by atoms with van der Waals surface area (Å²) in [6.45, 7) is 1.30. The Bertz CT molecular complexity index is 647. The Morgan fingerprint density at radius 3 is 2.81 bits per heavy atom. The second-order valence-corrected chi connectivity index (χ2v) is 6.37. The molecule has 1 unspecified atom stereocenters. The zero-order valence-corrected chi connectivity index (χ0v) is 15.4. The summed E-state index contributed by atoms with van der Waals surface area (Å²) < 4.78 is 4.83. The number of carbonyl (C=O) groups excluding carboxylic acids is 3. The molecule has 142 valence electrons. The smallest absolute Gasteiger partial charge is 0.328 e. The molecule has 0 radical (unpaired) electrons. The lowest BCUT2D eigenvalue weighted by Gasteiger charge is -2.33. The molecule has 1 fully saturated rings. The number of hydrogen-bond acceptors (Lipinski definition) is 5. The SMILES string of the molecule is CNCCCC(=O)Nc1cccc(C(=O)N2CCCCC2C(=O)OC)c1. The zero-order valence-electron chi connectivity index (χ0n) is 15.4. The van der Waals surface area contributed by atoms with Crippen LogP contribution in [0.5, 0.6) is 0 Å². The fourth-order valence-corrected chi connectivity index (χ4v) is 3.10. The van der Waals surface area contributed by atoms with Crippen LogP contribution < -0.4 is 10.6 Å². The van der Waals surface area contributed by atoms with Crippen molar-refractivity contribution in [1.29, 1.82) is 0 Å². The van der Waals surface area contributed by atoms with Crippen molar-refractivity contribution in [2.75, 3.05) is 32.6 Å². The van der Waals surface area contributed by atoms with Gasteiger partial charge in [-0.25, -0.2) is 4.79 Å². The Morgan fingerprint density at radius 2 is 2.08 bits per heavy atom. The monoisotopic (exact) mass is 361 g/mol. The Morgan fingerprint density at radius 1 is 1.27 bits per heavy atom. The van der Waals surface area contributed by atoms with E-state index in [4.69, 9.17) is 4.74 Å². The summed E-state index contributed by atoms with van der Waals surface area (Å²) in [5.74, 6) is -0.686. The van der Waals surface area contributed by atoms with Crippen LogP contribution in [0, 0.1) is 0 Å². The number of amides is 2. The summed E-state index contributed by atoms with van der Waals surface area (Å²) in [4.78, 5) is 38.4. The van der Waals surface area contributed by atoms with Gasteiger partial charge < -0.3 is 20.3 Å². The van der Waals surface area contributed by atoms with E-state index in [-0.39, 0.29) is 17.8 Å². The topological polar surface area (TPSA) is 87.7 Å². The molecule has 1 saturated heterocycles. The highest BCUT2D eigenvalue weighted by Gasteiger charge is 2.33. The predicted octanol–water partition coefficient (Wildman–Crippen LogP) is 1.79. The van der Waals surface area contributed by atoms with Crippen molar-refractivity contribution in [2.45, 2.75) is 38.1 Å². The maximum Gasteiger partial charge on any atom is 0.328 e. The van der Waals surface area contributed by atoms with Gasteiger partial charge in [0.05, 0.1) is 7.11 Å². The van der Waals surface area contributed by atoms with Gasteiger partial charge in [0, 0.05) is 24.2 Å². The van der Waals surface area contributed by atoms with Crippen LogP contribution in [0.2, 0.25) is 0 Å². The van der Waals surface area contributed by atoms with Crippen molar-refractivity contribution in [2.24, 2.45) is 0 Å². The van der Waals surface area contributed by atoms with E-state index in [1.807, 2.05) is 7.05 Å². The molecule has 1 aromatic carbocycles. The molecule has 2 amide bonds. The molecule has 7 nitrogen and oxygen atoms in total. The average Bonchev–Trinajstić information content (AvgIpc) is 2.67. The first kappa shape index (κ1) is 19.9. The summed E-state index contributed by atoms with van der Waals surface area (Å²) in [5.41, 5.74) is 1.03. The van der Waals surface area contributed by atoms with Crippen molar-refractivity contribution in [3.63, 3.8) is 0 Å². The zero-order chi connectivity index (χ0) is 18.9. The molecule has 1 aliphatic heterocycles. The van der Waals surface area contributed by atoms with Crippen molar-refractivity contribution in [3.05, 3.63) is 29.8 Å². The quantitative estimate of drug-likeness (QED) is 0.571. The summed E-state index contributed by atoms with van der Waals surface area (Å²) >= 11 is 0. The highest BCUT2D eigenvalue weighted by molar-refractivity contribution is 5.99. The number of methoxy groups -OCH3 is 1. The summed E-state index contributed by atoms with van der Waals surface area (Å²) in [6, 6.07) is 6.29. The Hall–Kier alpha value is -2.41. The van der Waals surface area contributed by atoms with E-state index in [1.165, 1.54) is 7.11 Å². The van der Waals surface area contributed by atoms with E-state index < -0.39 is 6.04 Å². The minimum absolute atomic E-state index is 0.0877. The van der Waals surface area contributed by atoms with E-state index in [0.29, 0.717) is 30.6 Å². The van der Waals surface area contributed by atoms with Gasteiger partial charge in [-0.3, -0.25) is 9.59 Å². The highest BCUT2D eigenvalue weighted by Crippen LogP contribution is 2.22. The maximum atomic E-state index is 12.9. The van der Waals surface area contributed by atoms with Crippen LogP contribution in [0.1, 0.15) is 42.5 Å². The number of nitrogens with zero attached hydrogens (tertiary/aromatic N) is 1. The van der Waals surface area contributed by atoms with Crippen molar-refractivity contribution < 1.29 is 19.1 Å². The standard InChI is InChI=1S/C19H27N3O4/c1-20-11-6-10-17(23)21-15-8-5-7-14(13-15)18(24)22-12-4-3-9-16(22)19(25)26-2/h5,7-8,13,16,20H,3-4,6,9-12H2,1-2H3,(H,21,23). The molecule has 2 N–H and O–H groups in total. The van der Waals surface area contributed by atoms with Gasteiger partial charge in [-0.1, -0.05) is 6.07 Å². The molecule has 0 spiro atoms. The average molecular weight is 361 g/mol. The van der Waals surface area contributed by atoms with Gasteiger partial charge in [-0.05, 0) is 57.5 Å². The molecular formula is C19H27N3O4. The van der Waals surface area contributed by atoms with E-state index >= 15 is 0 Å². The molecule has 1 aromatic rings. The summed E-state index contributed by atoms with van der Waals surface area (Å²) in [6.07, 6.45) is 3.53. The van der Waals surface area contributed by atoms with Gasteiger partial charge in [0.25, 0.3) is 5.91 Å². The first-order valence-electron chi connectivity index (χ1n) is 9.00. The molecular weight excluding hydrogens is 334 g/mol. The van der Waals surface area contributed by atoms with Crippen LogP contribution >= 0.6 is 0 Å². The van der Waals surface area contributed by atoms with Gasteiger partial charge in [0.1, 0.15) is 6.04 Å². The Balaban J connectivity index is 2.06. The predicted molar refractivity (Wildman–Crippen MR) is 98.9 cm³/mol. The molecule has 0 aromatic heterocycles. The molecule has 7 heteroatoms. The van der Waals surface area contributed by atoms with Gasteiger partial charge in [0.2, 0.25) is 5.91 Å². The number of rotatable bonds is 7. The van der Waals surface area contributed by atoms with Crippen LogP contribution in [0.25, 0.3) is 0 Å². The molecule has 0 bridgehead atoms. The van der Waals surface area contributed by atoms with Crippen LogP contribution in [-0.2, 0) is 14.3 Å². The Labute approximate surface area is 154 Å². The second kappa shape index (κ2) is 9.91. The number of nitrogens with one attached hydrogen (secondary N) is 2. The lowest BCUT2D eigenvalue weighted by molar-refractivity contribution is -0.147. The van der Waals surface area contributed by atoms with Crippen LogP contribution in [0.4, 0.5) is 5.69 Å². The van der Waals surface area contributed by atoms with Crippen LogP contribution in [0.15, 0.2) is 24.3 Å². The molecule has 1 heterocycles. The normalized spacial score (nSPS) is 16.8. The first-order valence-corrected chi connectivity index (χ1v) is 9.00. The number of ether oxygens (including phenoxy) is 1. The van der Waals surface area contributed by atoms with Crippen LogP contribution in [-0.4, -0.2) is 56.0 Å². The molecule has 2 rings (SSSR count). The van der Waals surface area contributed by atoms with Crippen molar-refractivity contribution >= 4 is 23.5 Å². The number of carbonyl (C=O) groups is 3. The first-order chi connectivity index (χ1) is 12.6. The summed E-state index contributed by atoms with van der Waals surface area (Å²) in [5, 5.41) is 5.81. The third-order valence-electron chi connectivity index (χ3n) is 4.46. The molecule has 26 heavy (non-hydrogen) atoms. The molecule has 1 aliphatic rings. The van der Waals surface area contributed by atoms with Gasteiger partial charge >= 0.3 is 5.97 Å². The van der Waals surface area contributed by atoms with E-state index in [0.717, 1.165) is 25.8 Å². The minimum atomic E-state index is -0.541. The van der Waals surface area contributed by atoms with Gasteiger partial charge in [0.15, 0.2) is 0 Å². The number of esters is 1. The number of benzene rings is 1. The van der Waals surface area contributed by atoms with E-state index in [1.54, 1.807) is 29.2 Å². The Kier molecular flexibility index (Phi) is 7.59. The number of hydrogen-bond donors (Lipinski definition) is 2. The number of likely N-dealkylation sites (tertiary alicyclic amines) is 1. The molecule has 1 atom stereocenters. The maximum absolute atomic E-state index is 12.9. The highest BCUT2D eigenvalue weighted by atomic mass is 16.5. The number of piperidine rings is 1. The molecule has 0 aliphatic carbocycles. The molecule has 0 saturated carbocycles. The van der Waals surface area contributed by atoms with Crippen molar-refractivity contribution in [3.8, 4) is 0 Å². The fraction of sp³-hybridized carbons (Fsp3) is 0.526. The minimum Gasteiger partial charge on any atom is -0.467 e. The summed E-state index contributed by atoms with van der Waals surface area (Å²) in [7, 11) is 3.18. The van der Waals surface area contributed by atoms with Gasteiger partial charge in [-0.2, -0.15) is 0 Å². The second-order valence-electron chi connectivity index (χ2n) is 6.37. The van der Waals surface area contributed by atoms with Crippen LogP contribution in [0.3, 0.4) is 0 Å². The van der Waals surface area contributed by atoms with Gasteiger partial charge in [-0.15, -0.1) is 0 Å². The lowest BCUT2D eigenvalue weighted by atomic mass is 10.0. The van der Waals surface area contributed by atoms with E-state index in [2.05, 4.69) is 10.6 Å². The third kappa shape index (κ3) is 5.29. The number of anilines is 1. The van der Waals surface area contributed by atoms with Crippen molar-refractivity contribution in [1.82, 2.24) is 10.2 Å². The van der Waals surface area contributed by atoms with E-state index in [9.17, 15) is 14.4 Å². The third-order valence-corrected chi connectivity index (χ3v) is 4.46. The largest absolute Gasteiger partial charge is 0.467 e.